The lowest BCUT2D eigenvalue weighted by atomic mass is 9.39. The molecule has 0 aromatic carbocycles. The first-order chi connectivity index (χ1) is 14.1. The zero-order valence-electron chi connectivity index (χ0n) is 17.7. The smallest absolute Gasteiger partial charge is 0.306 e. The van der Waals surface area contributed by atoms with Crippen LogP contribution in [0.25, 0.3) is 0 Å². The van der Waals surface area contributed by atoms with E-state index in [2.05, 4.69) is 19.9 Å². The Kier molecular flexibility index (Phi) is 3.33. The predicted octanol–water partition coefficient (Wildman–Crippen LogP) is 2.60. The van der Waals surface area contributed by atoms with E-state index in [-0.39, 0.29) is 40.8 Å². The second-order valence-electron chi connectivity index (χ2n) is 11.4. The molecule has 4 unspecified atom stereocenters. The number of carbonyl (C=O) groups excluding carboxylic acids is 2. The number of esters is 1. The Morgan fingerprint density at radius 2 is 1.90 bits per heavy atom. The molecule has 1 aliphatic heterocycles. The van der Waals surface area contributed by atoms with Gasteiger partial charge in [0.25, 0.3) is 0 Å². The molecule has 5 aliphatic carbocycles. The Morgan fingerprint density at radius 1 is 1.13 bits per heavy atom. The highest BCUT2D eigenvalue weighted by Crippen LogP contribution is 2.76. The number of rotatable bonds is 0. The maximum Gasteiger partial charge on any atom is 0.306 e. The summed E-state index contributed by atoms with van der Waals surface area (Å²) >= 11 is 0. The van der Waals surface area contributed by atoms with Crippen LogP contribution in [0, 0.1) is 51.2 Å². The monoisotopic (exact) mass is 410 g/mol. The van der Waals surface area contributed by atoms with Gasteiger partial charge >= 0.3 is 5.97 Å². The average Bonchev–Trinajstić information content (AvgIpc) is 3.31. The second-order valence-corrected chi connectivity index (χ2v) is 11.4. The van der Waals surface area contributed by atoms with Crippen LogP contribution in [0.3, 0.4) is 0 Å². The molecule has 5 fully saturated rings. The topological polar surface area (TPSA) is 113 Å². The van der Waals surface area contributed by atoms with E-state index in [0.29, 0.717) is 43.4 Å². The zero-order chi connectivity index (χ0) is 21.3. The summed E-state index contributed by atoms with van der Waals surface area (Å²) in [5, 5.41) is 22.0. The molecule has 6 aliphatic rings. The first-order valence-electron chi connectivity index (χ1n) is 11.5. The van der Waals surface area contributed by atoms with Crippen molar-refractivity contribution in [1.82, 2.24) is 0 Å². The van der Waals surface area contributed by atoms with E-state index in [1.165, 1.54) is 0 Å². The summed E-state index contributed by atoms with van der Waals surface area (Å²) in [5.41, 5.74) is 5.72. The van der Waals surface area contributed by atoms with Crippen LogP contribution >= 0.6 is 0 Å². The van der Waals surface area contributed by atoms with Crippen LogP contribution in [0.2, 0.25) is 0 Å². The Labute approximate surface area is 176 Å². The number of hydrogen-bond donors (Lipinski definition) is 2. The Hall–Kier alpha value is -1.87. The zero-order valence-corrected chi connectivity index (χ0v) is 17.7. The van der Waals surface area contributed by atoms with E-state index in [0.717, 1.165) is 19.3 Å². The summed E-state index contributed by atoms with van der Waals surface area (Å²) in [6.07, 6.45) is 4.57. The fraction of sp³-hybridized carbons (Fsp3) is 0.792. The molecule has 6 nitrogen and oxygen atoms in total. The van der Waals surface area contributed by atoms with Gasteiger partial charge in [-0.1, -0.05) is 13.8 Å². The van der Waals surface area contributed by atoms with E-state index in [9.17, 15) is 20.0 Å². The van der Waals surface area contributed by atoms with Crippen LogP contribution < -0.4 is 5.73 Å². The number of Topliss-reactive ketones (excluding diaryl/α,β-unsaturated/α-hetero) is 1. The van der Waals surface area contributed by atoms with Gasteiger partial charge in [0.1, 0.15) is 5.60 Å². The number of nitrogens with two attached hydrogens (primary N) is 1. The van der Waals surface area contributed by atoms with Crippen LogP contribution in [0.4, 0.5) is 0 Å². The minimum absolute atomic E-state index is 0.0255. The molecule has 2 bridgehead atoms. The number of aliphatic hydroxyl groups is 1. The second kappa shape index (κ2) is 5.30. The number of hydrogen-bond acceptors (Lipinski definition) is 6. The van der Waals surface area contributed by atoms with Crippen molar-refractivity contribution in [2.24, 2.45) is 45.7 Å². The molecule has 0 aromatic heterocycles. The number of ketones is 1. The fourth-order valence-electron chi connectivity index (χ4n) is 9.56. The standard InChI is InChI=1S/C24H30N2O4/c1-21-6-4-14(27)19-20(26)12(9-23(19,21)11-25)17-13-3-7-24(8-5-16(29)30-24)22(13,2)10-15(28)18(17)21/h12-13,15,17-18,28H,3-10,26H2,1-2H3/t12-,13?,15+,17?,18?,21+,22-,23?,24+/m0/s1. The molecule has 3 N–H and O–H groups in total. The van der Waals surface area contributed by atoms with Crippen molar-refractivity contribution in [3.8, 4) is 6.07 Å². The highest BCUT2D eigenvalue weighted by molar-refractivity contribution is 6.00. The van der Waals surface area contributed by atoms with Crippen molar-refractivity contribution in [1.29, 1.82) is 5.26 Å². The van der Waals surface area contributed by atoms with Crippen molar-refractivity contribution in [2.45, 2.75) is 76.9 Å². The van der Waals surface area contributed by atoms with Gasteiger partial charge in [0.15, 0.2) is 5.78 Å². The SMILES string of the molecule is C[C@]12C[C@@H](O)C3C(C1CC[C@@]21CCC(=O)O1)[C@@H]1CC2(C#N)C(=C1N)C(=O)CC[C@]32C. The summed E-state index contributed by atoms with van der Waals surface area (Å²) in [6.45, 7) is 4.33. The van der Waals surface area contributed by atoms with E-state index < -0.39 is 22.5 Å². The Morgan fingerprint density at radius 3 is 2.57 bits per heavy atom. The molecule has 1 saturated heterocycles. The lowest BCUT2D eigenvalue weighted by Gasteiger charge is -2.64. The number of fused-ring (bicyclic) bond motifs is 7. The molecule has 6 rings (SSSR count). The molecule has 1 heterocycles. The van der Waals surface area contributed by atoms with E-state index >= 15 is 0 Å². The lowest BCUT2D eigenvalue weighted by molar-refractivity contribution is -0.209. The molecule has 0 aromatic rings. The van der Waals surface area contributed by atoms with Crippen LogP contribution in [0.1, 0.15) is 65.2 Å². The van der Waals surface area contributed by atoms with Gasteiger partial charge in [-0.3, -0.25) is 9.59 Å². The molecule has 9 atom stereocenters. The van der Waals surface area contributed by atoms with Gasteiger partial charge in [0, 0.05) is 35.4 Å². The average molecular weight is 411 g/mol. The van der Waals surface area contributed by atoms with Crippen LogP contribution in [-0.4, -0.2) is 28.6 Å². The molecule has 30 heavy (non-hydrogen) atoms. The first-order valence-corrected chi connectivity index (χ1v) is 11.5. The molecule has 160 valence electrons. The molecule has 6 heteroatoms. The largest absolute Gasteiger partial charge is 0.458 e. The van der Waals surface area contributed by atoms with E-state index in [4.69, 9.17) is 10.5 Å². The summed E-state index contributed by atoms with van der Waals surface area (Å²) in [6, 6.07) is 2.55. The van der Waals surface area contributed by atoms with Crippen LogP contribution in [0.5, 0.6) is 0 Å². The quantitative estimate of drug-likeness (QED) is 0.594. The fourth-order valence-corrected chi connectivity index (χ4v) is 9.56. The molecular formula is C24H30N2O4. The third-order valence-electron chi connectivity index (χ3n) is 10.8. The van der Waals surface area contributed by atoms with Crippen LogP contribution in [-0.2, 0) is 14.3 Å². The van der Waals surface area contributed by atoms with Gasteiger partial charge in [-0.15, -0.1) is 0 Å². The van der Waals surface area contributed by atoms with Gasteiger partial charge in [-0.05, 0) is 61.7 Å². The molecule has 4 saturated carbocycles. The highest BCUT2D eigenvalue weighted by Gasteiger charge is 2.76. The van der Waals surface area contributed by atoms with Crippen molar-refractivity contribution in [3.63, 3.8) is 0 Å². The van der Waals surface area contributed by atoms with Gasteiger partial charge < -0.3 is 15.6 Å². The predicted molar refractivity (Wildman–Crippen MR) is 106 cm³/mol. The van der Waals surface area contributed by atoms with Gasteiger partial charge in [-0.2, -0.15) is 5.26 Å². The maximum atomic E-state index is 12.9. The van der Waals surface area contributed by atoms with Crippen molar-refractivity contribution >= 4 is 11.8 Å². The molecule has 1 spiro atoms. The number of aliphatic hydroxyl groups excluding tert-OH is 1. The third-order valence-corrected chi connectivity index (χ3v) is 10.8. The van der Waals surface area contributed by atoms with Crippen molar-refractivity contribution in [2.75, 3.05) is 0 Å². The number of nitrogens with zero attached hydrogens (tertiary/aromatic N) is 1. The third kappa shape index (κ3) is 1.71. The summed E-state index contributed by atoms with van der Waals surface area (Å²) in [5.74, 6) is 0.169. The van der Waals surface area contributed by atoms with Crippen LogP contribution in [0.15, 0.2) is 11.3 Å². The summed E-state index contributed by atoms with van der Waals surface area (Å²) < 4.78 is 5.99. The summed E-state index contributed by atoms with van der Waals surface area (Å²) in [7, 11) is 0. The van der Waals surface area contributed by atoms with Crippen molar-refractivity contribution in [3.05, 3.63) is 11.3 Å². The number of ether oxygens (including phenoxy) is 1. The molecular weight excluding hydrogens is 380 g/mol. The van der Waals surface area contributed by atoms with E-state index in [1.807, 2.05) is 0 Å². The molecule has 0 amide bonds. The number of allylic oxidation sites excluding steroid dienone is 2. The van der Waals surface area contributed by atoms with Gasteiger partial charge in [0.2, 0.25) is 0 Å². The van der Waals surface area contributed by atoms with Crippen molar-refractivity contribution < 1.29 is 19.4 Å². The minimum atomic E-state index is -0.872. The van der Waals surface area contributed by atoms with Gasteiger partial charge in [-0.25, -0.2) is 0 Å². The van der Waals surface area contributed by atoms with Gasteiger partial charge in [0.05, 0.1) is 17.6 Å². The maximum absolute atomic E-state index is 12.9. The first kappa shape index (κ1) is 18.9. The summed E-state index contributed by atoms with van der Waals surface area (Å²) in [4.78, 5) is 25.0. The number of carbonyl (C=O) groups is 2. The normalized spacial score (nSPS) is 56.0. The molecule has 0 radical (unpaired) electrons. The minimum Gasteiger partial charge on any atom is -0.458 e. The Balaban J connectivity index is 1.53. The van der Waals surface area contributed by atoms with E-state index in [1.54, 1.807) is 0 Å². The Bertz CT molecular complexity index is 967. The highest BCUT2D eigenvalue weighted by atomic mass is 16.6. The lowest BCUT2D eigenvalue weighted by Crippen LogP contribution is -2.64. The number of nitriles is 1.